The fourth-order valence-electron chi connectivity index (χ4n) is 2.70. The van der Waals surface area contributed by atoms with E-state index in [4.69, 9.17) is 0 Å². The van der Waals surface area contributed by atoms with Gasteiger partial charge in [-0.2, -0.15) is 0 Å². The molecule has 2 aromatic carbocycles. The molecule has 2 heteroatoms. The summed E-state index contributed by atoms with van der Waals surface area (Å²) in [5.41, 5.74) is 4.65. The van der Waals surface area contributed by atoms with Crippen LogP contribution in [-0.2, 0) is 0 Å². The summed E-state index contributed by atoms with van der Waals surface area (Å²) in [7, 11) is -0.772. The predicted molar refractivity (Wildman–Crippen MR) is 88.5 cm³/mol. The number of carbonyl (C=O) groups is 1. The van der Waals surface area contributed by atoms with Crippen molar-refractivity contribution >= 4 is 18.8 Å². The zero-order chi connectivity index (χ0) is 14.7. The van der Waals surface area contributed by atoms with Crippen LogP contribution in [0.1, 0.15) is 34.0 Å². The average Bonchev–Trinajstić information content (AvgIpc) is 2.39. The van der Waals surface area contributed by atoms with Gasteiger partial charge in [0.05, 0.1) is 0 Å². The third-order valence-corrected chi connectivity index (χ3v) is 5.79. The van der Waals surface area contributed by atoms with Crippen LogP contribution in [0.15, 0.2) is 42.5 Å². The zero-order valence-corrected chi connectivity index (χ0v) is 13.5. The van der Waals surface area contributed by atoms with Crippen LogP contribution in [0.4, 0.5) is 0 Å². The number of aryl methyl sites for hydroxylation is 3. The molecule has 20 heavy (non-hydrogen) atoms. The second-order valence-corrected chi connectivity index (χ2v) is 7.57. The quantitative estimate of drug-likeness (QED) is 0.751. The third kappa shape index (κ3) is 2.99. The molecule has 0 fully saturated rings. The molecule has 1 unspecified atom stereocenters. The van der Waals surface area contributed by atoms with E-state index in [0.717, 1.165) is 22.9 Å². The van der Waals surface area contributed by atoms with Crippen LogP contribution in [-0.4, -0.2) is 11.7 Å². The van der Waals surface area contributed by atoms with E-state index < -0.39 is 7.92 Å². The lowest BCUT2D eigenvalue weighted by molar-refractivity contribution is 0.108. The topological polar surface area (TPSA) is 17.1 Å². The Labute approximate surface area is 122 Å². The van der Waals surface area contributed by atoms with E-state index in [1.165, 1.54) is 10.9 Å². The third-order valence-electron chi connectivity index (χ3n) is 3.52. The highest BCUT2D eigenvalue weighted by atomic mass is 31.1. The maximum absolute atomic E-state index is 13.0. The molecule has 0 spiro atoms. The molecule has 1 nitrogen and oxygen atoms in total. The Morgan fingerprint density at radius 1 is 1.00 bits per heavy atom. The first kappa shape index (κ1) is 14.9. The summed E-state index contributed by atoms with van der Waals surface area (Å²) in [4.78, 5) is 13.0. The molecular formula is C18H21OP. The van der Waals surface area contributed by atoms with E-state index in [2.05, 4.69) is 38.1 Å². The number of hydrogen-bond acceptors (Lipinski definition) is 1. The van der Waals surface area contributed by atoms with Gasteiger partial charge in [0.25, 0.3) is 0 Å². The van der Waals surface area contributed by atoms with E-state index in [1.807, 2.05) is 32.0 Å². The molecule has 0 aliphatic carbocycles. The Bertz CT molecular complexity index is 594. The molecule has 0 aliphatic heterocycles. The second-order valence-electron chi connectivity index (χ2n) is 5.16. The Morgan fingerprint density at radius 3 is 2.05 bits per heavy atom. The number of rotatable bonds is 4. The molecule has 0 saturated heterocycles. The van der Waals surface area contributed by atoms with E-state index >= 15 is 0 Å². The molecule has 0 N–H and O–H groups in total. The van der Waals surface area contributed by atoms with Crippen molar-refractivity contribution in [2.24, 2.45) is 0 Å². The largest absolute Gasteiger partial charge is 0.289 e. The van der Waals surface area contributed by atoms with Crippen LogP contribution in [0, 0.1) is 20.8 Å². The number of carbonyl (C=O) groups excluding carboxylic acids is 1. The van der Waals surface area contributed by atoms with E-state index in [0.29, 0.717) is 5.52 Å². The summed E-state index contributed by atoms with van der Waals surface area (Å²) >= 11 is 0. The number of hydrogen-bond donors (Lipinski definition) is 0. The van der Waals surface area contributed by atoms with Gasteiger partial charge in [0.1, 0.15) is 0 Å². The maximum Gasteiger partial charge on any atom is 0.189 e. The molecule has 0 bridgehead atoms. The summed E-state index contributed by atoms with van der Waals surface area (Å²) in [5.74, 6) is 0. The fraction of sp³-hybridized carbons (Fsp3) is 0.278. The molecular weight excluding hydrogens is 263 g/mol. The van der Waals surface area contributed by atoms with Crippen molar-refractivity contribution in [1.82, 2.24) is 0 Å². The van der Waals surface area contributed by atoms with Gasteiger partial charge >= 0.3 is 0 Å². The normalized spacial score (nSPS) is 12.2. The fourth-order valence-corrected chi connectivity index (χ4v) is 4.75. The first-order chi connectivity index (χ1) is 9.54. The minimum atomic E-state index is -0.772. The van der Waals surface area contributed by atoms with Crippen molar-refractivity contribution in [3.05, 3.63) is 64.7 Å². The zero-order valence-electron chi connectivity index (χ0n) is 12.6. The molecule has 104 valence electrons. The van der Waals surface area contributed by atoms with Crippen LogP contribution in [0.2, 0.25) is 0 Å². The van der Waals surface area contributed by atoms with Gasteiger partial charge < -0.3 is 0 Å². The van der Waals surface area contributed by atoms with Crippen molar-refractivity contribution in [3.63, 3.8) is 0 Å². The molecule has 0 radical (unpaired) electrons. The van der Waals surface area contributed by atoms with Gasteiger partial charge in [0.15, 0.2) is 5.52 Å². The van der Waals surface area contributed by atoms with Crippen molar-refractivity contribution in [3.8, 4) is 0 Å². The molecule has 0 heterocycles. The van der Waals surface area contributed by atoms with Crippen molar-refractivity contribution < 1.29 is 4.79 Å². The Balaban J connectivity index is 2.45. The lowest BCUT2D eigenvalue weighted by atomic mass is 10.0. The highest BCUT2D eigenvalue weighted by Crippen LogP contribution is 2.39. The highest BCUT2D eigenvalue weighted by Gasteiger charge is 2.22. The summed E-state index contributed by atoms with van der Waals surface area (Å²) in [6.45, 7) is 8.27. The molecule has 2 rings (SSSR count). The first-order valence-corrected chi connectivity index (χ1v) is 8.52. The van der Waals surface area contributed by atoms with Crippen LogP contribution in [0.5, 0.6) is 0 Å². The van der Waals surface area contributed by atoms with Gasteiger partial charge in [-0.15, -0.1) is 0 Å². The molecule has 2 aromatic rings. The van der Waals surface area contributed by atoms with E-state index in [9.17, 15) is 4.79 Å². The lowest BCUT2D eigenvalue weighted by Crippen LogP contribution is -2.12. The number of benzene rings is 2. The van der Waals surface area contributed by atoms with Gasteiger partial charge in [-0.25, -0.2) is 0 Å². The summed E-state index contributed by atoms with van der Waals surface area (Å²) < 4.78 is 0. The minimum absolute atomic E-state index is 0.309. The summed E-state index contributed by atoms with van der Waals surface area (Å²) in [6.07, 6.45) is 0.894. The van der Waals surface area contributed by atoms with Gasteiger partial charge in [-0.3, -0.25) is 4.79 Å². The standard InChI is InChI=1S/C18H21OP/c1-5-20(16-9-7-6-8-10-16)18(19)17-14(3)11-13(2)12-15(17)4/h6-12H,5H2,1-4H3. The Morgan fingerprint density at radius 2 is 1.55 bits per heavy atom. The summed E-state index contributed by atoms with van der Waals surface area (Å²) in [6, 6.07) is 14.4. The predicted octanol–water partition coefficient (Wildman–Crippen LogP) is 4.58. The molecule has 0 aromatic heterocycles. The minimum Gasteiger partial charge on any atom is -0.289 e. The van der Waals surface area contributed by atoms with E-state index in [-0.39, 0.29) is 0 Å². The van der Waals surface area contributed by atoms with Crippen LogP contribution >= 0.6 is 7.92 Å². The Kier molecular flexibility index (Phi) is 4.73. The molecule has 0 amide bonds. The SMILES string of the molecule is CCP(C(=O)c1c(C)cc(C)cc1C)c1ccccc1. The lowest BCUT2D eigenvalue weighted by Gasteiger charge is -2.18. The van der Waals surface area contributed by atoms with Gasteiger partial charge in [0, 0.05) is 13.5 Å². The van der Waals surface area contributed by atoms with Crippen LogP contribution in [0.3, 0.4) is 0 Å². The van der Waals surface area contributed by atoms with Crippen molar-refractivity contribution in [2.45, 2.75) is 27.7 Å². The van der Waals surface area contributed by atoms with E-state index in [1.54, 1.807) is 0 Å². The van der Waals surface area contributed by atoms with Crippen molar-refractivity contribution in [2.75, 3.05) is 6.16 Å². The van der Waals surface area contributed by atoms with Gasteiger partial charge in [-0.05, 0) is 43.4 Å². The molecule has 1 atom stereocenters. The second kappa shape index (κ2) is 6.33. The molecule has 0 saturated carbocycles. The average molecular weight is 284 g/mol. The van der Waals surface area contributed by atoms with Crippen LogP contribution in [0.25, 0.3) is 0 Å². The summed E-state index contributed by atoms with van der Waals surface area (Å²) in [5, 5.41) is 1.18. The monoisotopic (exact) mass is 284 g/mol. The van der Waals surface area contributed by atoms with Crippen molar-refractivity contribution in [1.29, 1.82) is 0 Å². The smallest absolute Gasteiger partial charge is 0.189 e. The molecule has 0 aliphatic rings. The maximum atomic E-state index is 13.0. The highest BCUT2D eigenvalue weighted by molar-refractivity contribution is 7.82. The van der Waals surface area contributed by atoms with Gasteiger partial charge in [-0.1, -0.05) is 55.0 Å². The van der Waals surface area contributed by atoms with Gasteiger partial charge in [0.2, 0.25) is 0 Å². The first-order valence-electron chi connectivity index (χ1n) is 6.99. The Hall–Kier alpha value is -1.46. The van der Waals surface area contributed by atoms with Crippen LogP contribution < -0.4 is 5.30 Å².